The van der Waals surface area contributed by atoms with Gasteiger partial charge in [0.05, 0.1) is 24.8 Å². The predicted octanol–water partition coefficient (Wildman–Crippen LogP) is 1.20. The van der Waals surface area contributed by atoms with Crippen molar-refractivity contribution in [3.63, 3.8) is 0 Å². The minimum absolute atomic E-state index is 0.0941. The Morgan fingerprint density at radius 1 is 1.23 bits per heavy atom. The maximum atomic E-state index is 13.2. The molecular weight excluding hydrogens is 482 g/mol. The molecule has 1 aliphatic rings. The highest BCUT2D eigenvalue weighted by Crippen LogP contribution is 2.27. The number of ether oxygens (including phenoxy) is 1. The van der Waals surface area contributed by atoms with Gasteiger partial charge >= 0.3 is 0 Å². The van der Waals surface area contributed by atoms with Crippen LogP contribution in [0, 0.1) is 0 Å². The van der Waals surface area contributed by atoms with Gasteiger partial charge in [-0.1, -0.05) is 0 Å². The highest BCUT2D eigenvalue weighted by molar-refractivity contribution is 7.88. The van der Waals surface area contributed by atoms with Gasteiger partial charge in [-0.25, -0.2) is 41.4 Å². The van der Waals surface area contributed by atoms with Crippen LogP contribution >= 0.6 is 0 Å². The Bertz CT molecular complexity index is 1270. The van der Waals surface area contributed by atoms with Crippen LogP contribution in [0.4, 0.5) is 14.6 Å². The van der Waals surface area contributed by atoms with E-state index in [1.165, 1.54) is 29.2 Å². The van der Waals surface area contributed by atoms with E-state index in [9.17, 15) is 17.2 Å². The Hall–Kier alpha value is -2.81. The molecule has 0 spiro atoms. The summed E-state index contributed by atoms with van der Waals surface area (Å²) in [6.07, 6.45) is 1.38. The largest absolute Gasteiger partial charge is 0.383 e. The Morgan fingerprint density at radius 2 is 2.03 bits per heavy atom. The van der Waals surface area contributed by atoms with Gasteiger partial charge in [-0.2, -0.15) is 5.10 Å². The molecule has 2 atom stereocenters. The summed E-state index contributed by atoms with van der Waals surface area (Å²) in [5.74, 6) is 0.637. The molecule has 3 aromatic heterocycles. The van der Waals surface area contributed by atoms with Crippen molar-refractivity contribution < 1.29 is 21.9 Å². The second-order valence-electron chi connectivity index (χ2n) is 8.38. The molecule has 4 heterocycles. The molecule has 3 aromatic rings. The number of nitrogens with one attached hydrogen (secondary N) is 1. The highest BCUT2D eigenvalue weighted by atomic mass is 32.2. The summed E-state index contributed by atoms with van der Waals surface area (Å²) in [6.45, 7) is 4.78. The molecule has 1 fully saturated rings. The summed E-state index contributed by atoms with van der Waals surface area (Å²) in [7, 11) is -1.73. The fourth-order valence-corrected chi connectivity index (χ4v) is 4.76. The van der Waals surface area contributed by atoms with Crippen molar-refractivity contribution in [1.82, 2.24) is 34.2 Å². The molecule has 14 heteroatoms. The standard InChI is InChI=1S/C21H28F2N8O3S/c1-14-17(12-27-35(3,32)33)29(8-9-34-2)6-7-30(14)20-10-16(25-13-26-20)18-11-24-19-5-4-15(21(22)23)28-31(18)19/h4-5,10-11,13-14,17,21,27H,6-9,12H2,1-3H3. The fraction of sp³-hybridized carbons (Fsp3) is 0.524. The lowest BCUT2D eigenvalue weighted by Crippen LogP contribution is -2.62. The maximum Gasteiger partial charge on any atom is 0.282 e. The zero-order valence-electron chi connectivity index (χ0n) is 19.7. The zero-order chi connectivity index (χ0) is 25.2. The van der Waals surface area contributed by atoms with Gasteiger partial charge < -0.3 is 9.64 Å². The van der Waals surface area contributed by atoms with E-state index in [0.717, 1.165) is 6.26 Å². The number of aromatic nitrogens is 5. The van der Waals surface area contributed by atoms with Crippen molar-refractivity contribution in [2.45, 2.75) is 25.4 Å². The lowest BCUT2D eigenvalue weighted by Gasteiger charge is -2.47. The zero-order valence-corrected chi connectivity index (χ0v) is 20.5. The summed E-state index contributed by atoms with van der Waals surface area (Å²) in [4.78, 5) is 17.3. The molecular formula is C21H28F2N8O3S. The normalized spacial score (nSPS) is 19.7. The van der Waals surface area contributed by atoms with E-state index >= 15 is 0 Å². The van der Waals surface area contributed by atoms with E-state index < -0.39 is 16.4 Å². The van der Waals surface area contributed by atoms with E-state index in [1.807, 2.05) is 6.92 Å². The number of halogens is 2. The Kier molecular flexibility index (Phi) is 7.54. The van der Waals surface area contributed by atoms with Gasteiger partial charge in [-0.15, -0.1) is 0 Å². The number of hydrogen-bond donors (Lipinski definition) is 1. The Balaban J connectivity index is 1.63. The van der Waals surface area contributed by atoms with Crippen molar-refractivity contribution in [2.24, 2.45) is 0 Å². The molecule has 4 rings (SSSR count). The average molecular weight is 511 g/mol. The first-order chi connectivity index (χ1) is 16.7. The second kappa shape index (κ2) is 10.4. The quantitative estimate of drug-likeness (QED) is 0.453. The van der Waals surface area contributed by atoms with Crippen LogP contribution in [0.1, 0.15) is 19.0 Å². The van der Waals surface area contributed by atoms with E-state index in [1.54, 1.807) is 13.2 Å². The summed E-state index contributed by atoms with van der Waals surface area (Å²) in [5.41, 5.74) is 1.03. The summed E-state index contributed by atoms with van der Waals surface area (Å²) < 4.78 is 59.1. The third kappa shape index (κ3) is 5.72. The molecule has 0 aromatic carbocycles. The van der Waals surface area contributed by atoms with Crippen LogP contribution in [-0.2, 0) is 14.8 Å². The number of fused-ring (bicyclic) bond motifs is 1. The Morgan fingerprint density at radius 3 is 2.74 bits per heavy atom. The first kappa shape index (κ1) is 25.3. The van der Waals surface area contributed by atoms with Crippen molar-refractivity contribution in [2.75, 3.05) is 51.1 Å². The molecule has 190 valence electrons. The number of methoxy groups -OCH3 is 1. The first-order valence-corrected chi connectivity index (χ1v) is 13.0. The van der Waals surface area contributed by atoms with Crippen molar-refractivity contribution >= 4 is 21.5 Å². The number of rotatable bonds is 9. The molecule has 1 N–H and O–H groups in total. The summed E-state index contributed by atoms with van der Waals surface area (Å²) in [6, 6.07) is 4.28. The fourth-order valence-electron chi connectivity index (χ4n) is 4.29. The van der Waals surface area contributed by atoms with E-state index in [4.69, 9.17) is 4.74 Å². The third-order valence-corrected chi connectivity index (χ3v) is 6.79. The predicted molar refractivity (Wildman–Crippen MR) is 126 cm³/mol. The number of hydrogen-bond acceptors (Lipinski definition) is 9. The molecule has 0 aliphatic carbocycles. The minimum atomic E-state index is -3.36. The first-order valence-electron chi connectivity index (χ1n) is 11.1. The Labute approximate surface area is 202 Å². The molecule has 35 heavy (non-hydrogen) atoms. The van der Waals surface area contributed by atoms with Crippen LogP contribution in [0.2, 0.25) is 0 Å². The molecule has 1 saturated heterocycles. The number of imidazole rings is 1. The molecule has 2 unspecified atom stereocenters. The highest BCUT2D eigenvalue weighted by Gasteiger charge is 2.34. The van der Waals surface area contributed by atoms with Gasteiger partial charge in [0.15, 0.2) is 5.65 Å². The van der Waals surface area contributed by atoms with E-state index in [-0.39, 0.29) is 24.3 Å². The second-order valence-corrected chi connectivity index (χ2v) is 10.2. The number of anilines is 1. The van der Waals surface area contributed by atoms with Crippen molar-refractivity contribution in [1.29, 1.82) is 0 Å². The lowest BCUT2D eigenvalue weighted by molar-refractivity contribution is 0.0965. The van der Waals surface area contributed by atoms with Crippen LogP contribution in [0.3, 0.4) is 0 Å². The number of alkyl halides is 2. The molecule has 0 saturated carbocycles. The summed E-state index contributed by atoms with van der Waals surface area (Å²) >= 11 is 0. The van der Waals surface area contributed by atoms with Crippen LogP contribution < -0.4 is 9.62 Å². The monoisotopic (exact) mass is 510 g/mol. The van der Waals surface area contributed by atoms with Crippen LogP contribution in [-0.4, -0.2) is 96.1 Å². The van der Waals surface area contributed by atoms with Gasteiger partial charge in [-0.3, -0.25) is 4.90 Å². The molecule has 0 bridgehead atoms. The molecule has 11 nitrogen and oxygen atoms in total. The molecule has 1 aliphatic heterocycles. The summed E-state index contributed by atoms with van der Waals surface area (Å²) in [5, 5.41) is 4.01. The van der Waals surface area contributed by atoms with E-state index in [0.29, 0.717) is 49.1 Å². The number of piperazine rings is 1. The third-order valence-electron chi connectivity index (χ3n) is 6.10. The van der Waals surface area contributed by atoms with Crippen LogP contribution in [0.15, 0.2) is 30.7 Å². The lowest BCUT2D eigenvalue weighted by atomic mass is 10.0. The van der Waals surface area contributed by atoms with Crippen molar-refractivity contribution in [3.05, 3.63) is 36.4 Å². The molecule has 0 radical (unpaired) electrons. The average Bonchev–Trinajstić information content (AvgIpc) is 3.25. The van der Waals surface area contributed by atoms with Crippen LogP contribution in [0.25, 0.3) is 17.0 Å². The SMILES string of the molecule is COCCN1CCN(c2cc(-c3cnc4ccc(C(F)F)nn34)ncn2)C(C)C1CNS(C)(=O)=O. The number of sulfonamides is 1. The van der Waals surface area contributed by atoms with Gasteiger partial charge in [0.25, 0.3) is 6.43 Å². The minimum Gasteiger partial charge on any atom is -0.383 e. The van der Waals surface area contributed by atoms with E-state index in [2.05, 4.69) is 34.6 Å². The van der Waals surface area contributed by atoms with Crippen molar-refractivity contribution in [3.8, 4) is 11.4 Å². The van der Waals surface area contributed by atoms with Gasteiger partial charge in [0, 0.05) is 51.4 Å². The molecule has 0 amide bonds. The topological polar surface area (TPSA) is 118 Å². The maximum absolute atomic E-state index is 13.2. The van der Waals surface area contributed by atoms with Gasteiger partial charge in [-0.05, 0) is 19.1 Å². The number of nitrogens with zero attached hydrogens (tertiary/aromatic N) is 7. The smallest absolute Gasteiger partial charge is 0.282 e. The van der Waals surface area contributed by atoms with Crippen LogP contribution in [0.5, 0.6) is 0 Å². The van der Waals surface area contributed by atoms with Gasteiger partial charge in [0.2, 0.25) is 10.0 Å². The van der Waals surface area contributed by atoms with Gasteiger partial charge in [0.1, 0.15) is 23.5 Å².